The van der Waals surface area contributed by atoms with E-state index in [-0.39, 0.29) is 11.8 Å². The van der Waals surface area contributed by atoms with Crippen molar-refractivity contribution < 1.29 is 14.0 Å². The highest BCUT2D eigenvalue weighted by Crippen LogP contribution is 2.41. The molecule has 3 heterocycles. The topological polar surface area (TPSA) is 62.6 Å². The lowest BCUT2D eigenvalue weighted by atomic mass is 10.0. The summed E-state index contributed by atoms with van der Waals surface area (Å²) in [6.45, 7) is 6.12. The van der Waals surface area contributed by atoms with Crippen LogP contribution in [-0.4, -0.2) is 22.3 Å². The number of nitrogens with zero attached hydrogens (tertiary/aromatic N) is 1. The monoisotopic (exact) mass is 394 g/mol. The number of rotatable bonds is 3. The highest BCUT2D eigenvalue weighted by Gasteiger charge is 2.40. The molecule has 2 aromatic heterocycles. The molecule has 28 heavy (non-hydrogen) atoms. The number of fused-ring (bicyclic) bond motifs is 3. The normalized spacial score (nSPS) is 16.3. The molecule has 0 aliphatic carbocycles. The number of thiophene rings is 1. The highest BCUT2D eigenvalue weighted by molar-refractivity contribution is 7.08. The molecule has 1 aliphatic heterocycles. The quantitative estimate of drug-likeness (QED) is 0.705. The Kier molecular flexibility index (Phi) is 4.59. The van der Waals surface area contributed by atoms with Crippen LogP contribution in [0.25, 0.3) is 11.3 Å². The third-order valence-corrected chi connectivity index (χ3v) is 5.39. The van der Waals surface area contributed by atoms with Crippen molar-refractivity contribution in [2.24, 2.45) is 0 Å². The van der Waals surface area contributed by atoms with Crippen LogP contribution in [0.2, 0.25) is 0 Å². The summed E-state index contributed by atoms with van der Waals surface area (Å²) in [7, 11) is 0. The first kappa shape index (κ1) is 18.5. The van der Waals surface area contributed by atoms with Gasteiger partial charge in [-0.15, -0.1) is 0 Å². The SMILES string of the molecule is CC(C)(C)NC(=O)C1c2ccoc2-c2cscc2C(=O)N1Cc1ccccc1. The second kappa shape index (κ2) is 6.95. The molecule has 0 spiro atoms. The summed E-state index contributed by atoms with van der Waals surface area (Å²) in [6.07, 6.45) is 1.58. The molecule has 0 fully saturated rings. The molecule has 1 unspecified atom stereocenters. The zero-order chi connectivity index (χ0) is 19.9. The van der Waals surface area contributed by atoms with Crippen molar-refractivity contribution >= 4 is 23.2 Å². The molecule has 3 aromatic rings. The van der Waals surface area contributed by atoms with Gasteiger partial charge >= 0.3 is 0 Å². The zero-order valence-corrected chi connectivity index (χ0v) is 16.9. The summed E-state index contributed by atoms with van der Waals surface area (Å²) in [5, 5.41) is 6.76. The molecule has 4 rings (SSSR count). The molecule has 1 aromatic carbocycles. The molecule has 144 valence electrons. The maximum atomic E-state index is 13.5. The molecular formula is C22H22N2O3S. The fourth-order valence-corrected chi connectivity index (χ4v) is 4.30. The van der Waals surface area contributed by atoms with Crippen molar-refractivity contribution in [1.82, 2.24) is 10.2 Å². The maximum absolute atomic E-state index is 13.5. The molecule has 0 radical (unpaired) electrons. The van der Waals surface area contributed by atoms with Gasteiger partial charge in [-0.25, -0.2) is 0 Å². The minimum Gasteiger partial charge on any atom is -0.464 e. The Balaban J connectivity index is 1.84. The van der Waals surface area contributed by atoms with Crippen LogP contribution >= 0.6 is 11.3 Å². The van der Waals surface area contributed by atoms with Gasteiger partial charge in [-0.2, -0.15) is 11.3 Å². The smallest absolute Gasteiger partial charge is 0.256 e. The Morgan fingerprint density at radius 3 is 2.57 bits per heavy atom. The molecule has 1 aliphatic rings. The second-order valence-corrected chi connectivity index (χ2v) is 8.71. The average molecular weight is 394 g/mol. The van der Waals surface area contributed by atoms with Crippen LogP contribution in [0.15, 0.2) is 57.8 Å². The summed E-state index contributed by atoms with van der Waals surface area (Å²) in [5.74, 6) is 0.211. The van der Waals surface area contributed by atoms with Crippen LogP contribution in [0, 0.1) is 0 Å². The fourth-order valence-electron chi connectivity index (χ4n) is 3.50. The number of nitrogens with one attached hydrogen (secondary N) is 1. The van der Waals surface area contributed by atoms with Crippen LogP contribution in [-0.2, 0) is 11.3 Å². The van der Waals surface area contributed by atoms with E-state index in [1.54, 1.807) is 17.2 Å². The molecular weight excluding hydrogens is 372 g/mol. The van der Waals surface area contributed by atoms with Crippen molar-refractivity contribution in [2.45, 2.75) is 38.9 Å². The van der Waals surface area contributed by atoms with Crippen LogP contribution in [0.3, 0.4) is 0 Å². The molecule has 2 amide bonds. The van der Waals surface area contributed by atoms with Crippen molar-refractivity contribution in [3.8, 4) is 11.3 Å². The number of amides is 2. The van der Waals surface area contributed by atoms with Crippen molar-refractivity contribution in [3.05, 3.63) is 70.1 Å². The van der Waals surface area contributed by atoms with E-state index < -0.39 is 11.6 Å². The summed E-state index contributed by atoms with van der Waals surface area (Å²) in [6, 6.07) is 10.7. The van der Waals surface area contributed by atoms with Gasteiger partial charge in [0.25, 0.3) is 5.91 Å². The summed E-state index contributed by atoms with van der Waals surface area (Å²) < 4.78 is 5.73. The van der Waals surface area contributed by atoms with Gasteiger partial charge in [0.05, 0.1) is 11.8 Å². The van der Waals surface area contributed by atoms with E-state index in [2.05, 4.69) is 5.32 Å². The van der Waals surface area contributed by atoms with Gasteiger partial charge in [-0.1, -0.05) is 30.3 Å². The first-order valence-electron chi connectivity index (χ1n) is 9.16. The van der Waals surface area contributed by atoms with Gasteiger partial charge in [0.2, 0.25) is 5.91 Å². The summed E-state index contributed by atoms with van der Waals surface area (Å²) in [4.78, 5) is 28.4. The van der Waals surface area contributed by atoms with Gasteiger partial charge in [0, 0.05) is 34.0 Å². The molecule has 0 saturated heterocycles. The Labute approximate surface area is 168 Å². The largest absolute Gasteiger partial charge is 0.464 e. The summed E-state index contributed by atoms with van der Waals surface area (Å²) in [5.41, 5.74) is 2.58. The van der Waals surface area contributed by atoms with Crippen LogP contribution in [0.1, 0.15) is 48.3 Å². The van der Waals surface area contributed by atoms with E-state index in [1.165, 1.54) is 11.3 Å². The van der Waals surface area contributed by atoms with E-state index in [0.717, 1.165) is 11.1 Å². The predicted molar refractivity (Wildman–Crippen MR) is 109 cm³/mol. The number of hydrogen-bond acceptors (Lipinski definition) is 4. The first-order chi connectivity index (χ1) is 13.3. The Morgan fingerprint density at radius 1 is 1.14 bits per heavy atom. The van der Waals surface area contributed by atoms with Gasteiger partial charge < -0.3 is 14.6 Å². The van der Waals surface area contributed by atoms with E-state index in [1.807, 2.05) is 61.9 Å². The van der Waals surface area contributed by atoms with Gasteiger partial charge in [-0.05, 0) is 32.4 Å². The first-order valence-corrected chi connectivity index (χ1v) is 10.1. The van der Waals surface area contributed by atoms with Crippen molar-refractivity contribution in [2.75, 3.05) is 0 Å². The third kappa shape index (κ3) is 3.36. The lowest BCUT2D eigenvalue weighted by Crippen LogP contribution is -2.48. The highest BCUT2D eigenvalue weighted by atomic mass is 32.1. The minimum atomic E-state index is -0.766. The van der Waals surface area contributed by atoms with E-state index in [9.17, 15) is 9.59 Å². The third-order valence-electron chi connectivity index (χ3n) is 4.64. The lowest BCUT2D eigenvalue weighted by Gasteiger charge is -2.32. The van der Waals surface area contributed by atoms with Crippen LogP contribution < -0.4 is 5.32 Å². The van der Waals surface area contributed by atoms with Crippen molar-refractivity contribution in [1.29, 1.82) is 0 Å². The second-order valence-electron chi connectivity index (χ2n) is 7.96. The molecule has 1 atom stereocenters. The Bertz CT molecular complexity index is 1010. The number of hydrogen-bond donors (Lipinski definition) is 1. The number of carbonyl (C=O) groups is 2. The molecule has 6 heteroatoms. The lowest BCUT2D eigenvalue weighted by molar-refractivity contribution is -0.127. The number of furan rings is 1. The number of benzene rings is 1. The average Bonchev–Trinajstić information content (AvgIpc) is 3.27. The van der Waals surface area contributed by atoms with E-state index in [0.29, 0.717) is 23.4 Å². The van der Waals surface area contributed by atoms with Crippen LogP contribution in [0.5, 0.6) is 0 Å². The predicted octanol–water partition coefficient (Wildman–Crippen LogP) is 4.62. The Hall–Kier alpha value is -2.86. The van der Waals surface area contributed by atoms with Crippen molar-refractivity contribution in [3.63, 3.8) is 0 Å². The van der Waals surface area contributed by atoms with E-state index >= 15 is 0 Å². The van der Waals surface area contributed by atoms with Gasteiger partial charge in [0.1, 0.15) is 11.8 Å². The standard InChI is InChI=1S/C22H22N2O3S/c1-22(2,3)23-20(25)18-15-9-10-27-19(15)16-12-28-13-17(16)21(26)24(18)11-14-7-5-4-6-8-14/h4-10,12-13,18H,11H2,1-3H3,(H,23,25). The van der Waals surface area contributed by atoms with Crippen LogP contribution in [0.4, 0.5) is 0 Å². The summed E-state index contributed by atoms with van der Waals surface area (Å²) >= 11 is 1.46. The number of carbonyl (C=O) groups excluding carboxylic acids is 2. The van der Waals surface area contributed by atoms with Gasteiger partial charge in [0.15, 0.2) is 0 Å². The molecule has 5 nitrogen and oxygen atoms in total. The Morgan fingerprint density at radius 2 is 1.86 bits per heavy atom. The van der Waals surface area contributed by atoms with Gasteiger partial charge in [-0.3, -0.25) is 9.59 Å². The molecule has 1 N–H and O–H groups in total. The molecule has 0 bridgehead atoms. The molecule has 0 saturated carbocycles. The maximum Gasteiger partial charge on any atom is 0.256 e. The minimum absolute atomic E-state index is 0.166. The fraction of sp³-hybridized carbons (Fsp3) is 0.273. The zero-order valence-electron chi connectivity index (χ0n) is 16.1. The van der Waals surface area contributed by atoms with E-state index in [4.69, 9.17) is 4.42 Å².